The number of ether oxygens (including phenoxy) is 1. The van der Waals surface area contributed by atoms with Gasteiger partial charge in [-0.1, -0.05) is 42.6 Å². The first kappa shape index (κ1) is 19.6. The molecule has 2 aromatic carbocycles. The van der Waals surface area contributed by atoms with E-state index < -0.39 is 0 Å². The molecule has 146 valence electrons. The Bertz CT molecular complexity index is 932. The van der Waals surface area contributed by atoms with Gasteiger partial charge in [-0.15, -0.1) is 5.10 Å². The van der Waals surface area contributed by atoms with Crippen molar-refractivity contribution in [3.63, 3.8) is 0 Å². The second-order valence-electron chi connectivity index (χ2n) is 6.76. The Morgan fingerprint density at radius 1 is 1.07 bits per heavy atom. The van der Waals surface area contributed by atoms with Gasteiger partial charge in [0.1, 0.15) is 5.75 Å². The summed E-state index contributed by atoms with van der Waals surface area (Å²) in [7, 11) is 0. The molecule has 0 unspecified atom stereocenters. The van der Waals surface area contributed by atoms with Gasteiger partial charge in [-0.05, 0) is 56.2 Å². The first-order chi connectivity index (χ1) is 13.6. The highest BCUT2D eigenvalue weighted by Gasteiger charge is 2.14. The van der Waals surface area contributed by atoms with Gasteiger partial charge >= 0.3 is 6.01 Å². The van der Waals surface area contributed by atoms with E-state index in [0.717, 1.165) is 41.7 Å². The average Bonchev–Trinajstić information content (AvgIpc) is 3.16. The van der Waals surface area contributed by atoms with Gasteiger partial charge in [-0.2, -0.15) is 0 Å². The van der Waals surface area contributed by atoms with Crippen LogP contribution in [0.15, 0.2) is 46.9 Å². The molecule has 28 heavy (non-hydrogen) atoms. The number of hydrogen-bond acceptors (Lipinski definition) is 5. The first-order valence-corrected chi connectivity index (χ1v) is 9.52. The molecule has 0 aliphatic rings. The smallest absolute Gasteiger partial charge is 0.322 e. The molecule has 0 saturated carbocycles. The summed E-state index contributed by atoms with van der Waals surface area (Å²) in [6.07, 6.45) is 3.33. The molecule has 3 rings (SSSR count). The molecular formula is C22H25N3O3. The minimum Gasteiger partial charge on any atom is -0.494 e. The van der Waals surface area contributed by atoms with Gasteiger partial charge in [0.25, 0.3) is 5.91 Å². The van der Waals surface area contributed by atoms with E-state index in [0.29, 0.717) is 18.1 Å². The highest BCUT2D eigenvalue weighted by atomic mass is 16.5. The van der Waals surface area contributed by atoms with E-state index in [9.17, 15) is 4.79 Å². The number of aryl methyl sites for hydroxylation is 2. The summed E-state index contributed by atoms with van der Waals surface area (Å²) >= 11 is 0. The van der Waals surface area contributed by atoms with Crippen LogP contribution in [-0.2, 0) is 0 Å². The second-order valence-corrected chi connectivity index (χ2v) is 6.76. The zero-order valence-corrected chi connectivity index (χ0v) is 16.5. The molecule has 0 radical (unpaired) electrons. The highest BCUT2D eigenvalue weighted by Crippen LogP contribution is 2.25. The van der Waals surface area contributed by atoms with Crippen molar-refractivity contribution in [1.82, 2.24) is 10.2 Å². The molecule has 6 nitrogen and oxygen atoms in total. The Morgan fingerprint density at radius 2 is 1.86 bits per heavy atom. The summed E-state index contributed by atoms with van der Waals surface area (Å²) in [5.41, 5.74) is 3.48. The van der Waals surface area contributed by atoms with Crippen molar-refractivity contribution in [3.05, 3.63) is 59.2 Å². The lowest BCUT2D eigenvalue weighted by Gasteiger charge is -2.06. The van der Waals surface area contributed by atoms with Gasteiger partial charge in [-0.3, -0.25) is 10.1 Å². The quantitative estimate of drug-likeness (QED) is 0.546. The lowest BCUT2D eigenvalue weighted by atomic mass is 10.1. The molecule has 6 heteroatoms. The third-order valence-electron chi connectivity index (χ3n) is 4.40. The number of nitrogens with one attached hydrogen (secondary N) is 1. The maximum atomic E-state index is 12.4. The number of unbranched alkanes of at least 4 members (excludes halogenated alkanes) is 2. The molecule has 0 fully saturated rings. The van der Waals surface area contributed by atoms with E-state index in [1.807, 2.05) is 32.0 Å². The number of hydrogen-bond donors (Lipinski definition) is 1. The molecule has 0 atom stereocenters. The summed E-state index contributed by atoms with van der Waals surface area (Å²) in [5, 5.41) is 10.6. The van der Waals surface area contributed by atoms with Crippen LogP contribution in [0.4, 0.5) is 6.01 Å². The van der Waals surface area contributed by atoms with Crippen molar-refractivity contribution >= 4 is 11.9 Å². The second kappa shape index (κ2) is 9.17. The largest absolute Gasteiger partial charge is 0.494 e. The van der Waals surface area contributed by atoms with E-state index in [4.69, 9.17) is 9.15 Å². The monoisotopic (exact) mass is 379 g/mol. The van der Waals surface area contributed by atoms with Crippen LogP contribution in [0, 0.1) is 13.8 Å². The van der Waals surface area contributed by atoms with Crippen molar-refractivity contribution in [2.75, 3.05) is 11.9 Å². The Balaban J connectivity index is 1.62. The number of nitrogens with zero attached hydrogens (tertiary/aromatic N) is 2. The fourth-order valence-electron chi connectivity index (χ4n) is 2.76. The van der Waals surface area contributed by atoms with Crippen LogP contribution in [0.1, 0.15) is 47.7 Å². The molecule has 0 saturated heterocycles. The van der Waals surface area contributed by atoms with E-state index in [2.05, 4.69) is 22.4 Å². The van der Waals surface area contributed by atoms with Crippen molar-refractivity contribution < 1.29 is 13.9 Å². The van der Waals surface area contributed by atoms with Crippen LogP contribution in [0.2, 0.25) is 0 Å². The third-order valence-corrected chi connectivity index (χ3v) is 4.40. The van der Waals surface area contributed by atoms with Crippen LogP contribution in [0.25, 0.3) is 11.5 Å². The van der Waals surface area contributed by atoms with Gasteiger partial charge in [-0.25, -0.2) is 0 Å². The first-order valence-electron chi connectivity index (χ1n) is 9.52. The molecule has 1 amide bonds. The van der Waals surface area contributed by atoms with E-state index in [1.165, 1.54) is 0 Å². The molecule has 1 N–H and O–H groups in total. The molecule has 0 bridgehead atoms. The molecular weight excluding hydrogens is 354 g/mol. The third kappa shape index (κ3) is 4.97. The summed E-state index contributed by atoms with van der Waals surface area (Å²) in [5.74, 6) is 0.823. The number of rotatable bonds is 8. The number of carbonyl (C=O) groups is 1. The number of amides is 1. The predicted octanol–water partition coefficient (Wildman–Crippen LogP) is 5.17. The Kier molecular flexibility index (Phi) is 6.42. The molecule has 0 aliphatic carbocycles. The summed E-state index contributed by atoms with van der Waals surface area (Å²) in [6.45, 7) is 6.81. The Hall–Kier alpha value is -3.15. The van der Waals surface area contributed by atoms with E-state index in [-0.39, 0.29) is 11.9 Å². The standard InChI is InChI=1S/C22H25N3O3/c1-4-5-6-13-27-18-11-9-17(10-12-18)20(26)23-22-25-24-21(28-22)19-14-15(2)7-8-16(19)3/h7-12,14H,4-6,13H2,1-3H3,(H,23,25,26). The van der Waals surface area contributed by atoms with Gasteiger partial charge < -0.3 is 9.15 Å². The minimum atomic E-state index is -0.311. The number of benzene rings is 2. The SMILES string of the molecule is CCCCCOc1ccc(C(=O)Nc2nnc(-c3cc(C)ccc3C)o2)cc1. The predicted molar refractivity (Wildman–Crippen MR) is 109 cm³/mol. The molecule has 3 aromatic rings. The van der Waals surface area contributed by atoms with Gasteiger partial charge in [0.15, 0.2) is 0 Å². The fourth-order valence-corrected chi connectivity index (χ4v) is 2.76. The summed E-state index contributed by atoms with van der Waals surface area (Å²) < 4.78 is 11.3. The summed E-state index contributed by atoms with van der Waals surface area (Å²) in [4.78, 5) is 12.4. The van der Waals surface area contributed by atoms with E-state index in [1.54, 1.807) is 24.3 Å². The summed E-state index contributed by atoms with van der Waals surface area (Å²) in [6, 6.07) is 13.1. The molecule has 0 aliphatic heterocycles. The zero-order chi connectivity index (χ0) is 19.9. The van der Waals surface area contributed by atoms with E-state index >= 15 is 0 Å². The topological polar surface area (TPSA) is 77.2 Å². The van der Waals surface area contributed by atoms with Crippen LogP contribution in [0.3, 0.4) is 0 Å². The highest BCUT2D eigenvalue weighted by molar-refractivity contribution is 6.03. The molecule has 1 heterocycles. The van der Waals surface area contributed by atoms with Crippen LogP contribution in [0.5, 0.6) is 5.75 Å². The van der Waals surface area contributed by atoms with Gasteiger partial charge in [0.05, 0.1) is 6.61 Å². The van der Waals surface area contributed by atoms with Crippen molar-refractivity contribution in [2.24, 2.45) is 0 Å². The zero-order valence-electron chi connectivity index (χ0n) is 16.5. The average molecular weight is 379 g/mol. The lowest BCUT2D eigenvalue weighted by molar-refractivity contribution is 0.102. The Labute approximate surface area is 164 Å². The lowest BCUT2D eigenvalue weighted by Crippen LogP contribution is -2.12. The minimum absolute atomic E-state index is 0.0702. The molecule has 0 spiro atoms. The van der Waals surface area contributed by atoms with Crippen LogP contribution >= 0.6 is 0 Å². The van der Waals surface area contributed by atoms with Gasteiger partial charge in [0, 0.05) is 11.1 Å². The number of anilines is 1. The normalized spacial score (nSPS) is 10.7. The molecule has 1 aromatic heterocycles. The van der Waals surface area contributed by atoms with Crippen molar-refractivity contribution in [1.29, 1.82) is 0 Å². The van der Waals surface area contributed by atoms with Gasteiger partial charge in [0.2, 0.25) is 5.89 Å². The maximum absolute atomic E-state index is 12.4. The Morgan fingerprint density at radius 3 is 2.61 bits per heavy atom. The van der Waals surface area contributed by atoms with Crippen LogP contribution < -0.4 is 10.1 Å². The number of carbonyl (C=O) groups excluding carboxylic acids is 1. The fraction of sp³-hybridized carbons (Fsp3) is 0.318. The maximum Gasteiger partial charge on any atom is 0.322 e. The van der Waals surface area contributed by atoms with Crippen molar-refractivity contribution in [2.45, 2.75) is 40.0 Å². The number of aromatic nitrogens is 2. The van der Waals surface area contributed by atoms with Crippen molar-refractivity contribution in [3.8, 4) is 17.2 Å². The van der Waals surface area contributed by atoms with Crippen LogP contribution in [-0.4, -0.2) is 22.7 Å².